The fraction of sp³-hybridized carbons (Fsp3) is 0.500. The van der Waals surface area contributed by atoms with Crippen molar-refractivity contribution in [3.63, 3.8) is 0 Å². The van der Waals surface area contributed by atoms with Crippen LogP contribution in [0.25, 0.3) is 0 Å². The van der Waals surface area contributed by atoms with Crippen LogP contribution in [0.4, 0.5) is 11.4 Å². The van der Waals surface area contributed by atoms with Gasteiger partial charge in [-0.3, -0.25) is 4.79 Å². The molecule has 4 nitrogen and oxygen atoms in total. The average Bonchev–Trinajstić information content (AvgIpc) is 2.35. The lowest BCUT2D eigenvalue weighted by Crippen LogP contribution is -2.25. The lowest BCUT2D eigenvalue weighted by molar-refractivity contribution is -0.116. The van der Waals surface area contributed by atoms with Gasteiger partial charge in [-0.1, -0.05) is 6.07 Å². The van der Waals surface area contributed by atoms with Gasteiger partial charge >= 0.3 is 0 Å². The van der Waals surface area contributed by atoms with Crippen molar-refractivity contribution in [2.75, 3.05) is 23.8 Å². The van der Waals surface area contributed by atoms with Crippen molar-refractivity contribution < 1.29 is 4.79 Å². The van der Waals surface area contributed by atoms with E-state index in [2.05, 4.69) is 24.1 Å². The molecular weight excluding hydrogens is 226 g/mol. The van der Waals surface area contributed by atoms with Gasteiger partial charge in [0.05, 0.1) is 0 Å². The number of anilines is 2. The zero-order valence-electron chi connectivity index (χ0n) is 11.4. The zero-order valence-corrected chi connectivity index (χ0v) is 11.4. The van der Waals surface area contributed by atoms with Crippen LogP contribution in [0.5, 0.6) is 0 Å². The molecule has 0 heterocycles. The summed E-state index contributed by atoms with van der Waals surface area (Å²) in [6, 6.07) is 8.30. The minimum atomic E-state index is 0.0183. The van der Waals surface area contributed by atoms with Crippen LogP contribution in [-0.2, 0) is 4.79 Å². The first kappa shape index (κ1) is 14.5. The minimum absolute atomic E-state index is 0.0183. The zero-order chi connectivity index (χ0) is 13.5. The molecule has 1 rings (SSSR count). The fourth-order valence-corrected chi connectivity index (χ4v) is 1.59. The number of amides is 1. The third-order valence-corrected chi connectivity index (χ3v) is 2.92. The molecule has 4 heteroatoms. The standard InChI is InChI=1S/C14H23N3O/c1-11(2)17(3)13-7-4-6-12(10-13)16-14(18)8-5-9-15/h4,6-7,10-11H,5,8-9,15H2,1-3H3,(H,16,18). The first-order chi connectivity index (χ1) is 8.54. The Morgan fingerprint density at radius 1 is 1.44 bits per heavy atom. The Hall–Kier alpha value is -1.55. The molecule has 100 valence electrons. The molecule has 0 spiro atoms. The second-order valence-electron chi connectivity index (χ2n) is 4.70. The van der Waals surface area contributed by atoms with E-state index in [0.29, 0.717) is 19.0 Å². The first-order valence-electron chi connectivity index (χ1n) is 6.37. The van der Waals surface area contributed by atoms with Crippen molar-refractivity contribution in [1.29, 1.82) is 0 Å². The van der Waals surface area contributed by atoms with Crippen LogP contribution in [0, 0.1) is 0 Å². The monoisotopic (exact) mass is 249 g/mol. The Morgan fingerprint density at radius 3 is 2.78 bits per heavy atom. The molecule has 18 heavy (non-hydrogen) atoms. The van der Waals surface area contributed by atoms with Crippen molar-refractivity contribution in [1.82, 2.24) is 0 Å². The molecule has 0 aliphatic carbocycles. The molecule has 0 aliphatic rings. The Morgan fingerprint density at radius 2 is 2.17 bits per heavy atom. The summed E-state index contributed by atoms with van der Waals surface area (Å²) in [6.45, 7) is 4.81. The summed E-state index contributed by atoms with van der Waals surface area (Å²) in [7, 11) is 2.04. The smallest absolute Gasteiger partial charge is 0.224 e. The van der Waals surface area contributed by atoms with Gasteiger partial charge in [0, 0.05) is 30.9 Å². The highest BCUT2D eigenvalue weighted by Gasteiger charge is 2.06. The van der Waals surface area contributed by atoms with Crippen LogP contribution < -0.4 is 16.0 Å². The van der Waals surface area contributed by atoms with E-state index in [-0.39, 0.29) is 5.91 Å². The molecule has 3 N–H and O–H groups in total. The van der Waals surface area contributed by atoms with Crippen LogP contribution in [0.1, 0.15) is 26.7 Å². The maximum atomic E-state index is 11.6. The second kappa shape index (κ2) is 7.01. The number of rotatable bonds is 6. The van der Waals surface area contributed by atoms with Gasteiger partial charge in [-0.2, -0.15) is 0 Å². The molecule has 0 atom stereocenters. The molecule has 0 radical (unpaired) electrons. The third kappa shape index (κ3) is 4.37. The van der Waals surface area contributed by atoms with Gasteiger partial charge in [-0.05, 0) is 45.0 Å². The first-order valence-corrected chi connectivity index (χ1v) is 6.37. The minimum Gasteiger partial charge on any atom is -0.372 e. The predicted molar refractivity (Wildman–Crippen MR) is 76.9 cm³/mol. The van der Waals surface area contributed by atoms with E-state index in [1.165, 1.54) is 0 Å². The van der Waals surface area contributed by atoms with E-state index >= 15 is 0 Å². The number of carbonyl (C=O) groups excluding carboxylic acids is 1. The lowest BCUT2D eigenvalue weighted by Gasteiger charge is -2.24. The maximum absolute atomic E-state index is 11.6. The summed E-state index contributed by atoms with van der Waals surface area (Å²) in [5.41, 5.74) is 7.31. The number of nitrogens with one attached hydrogen (secondary N) is 1. The number of benzene rings is 1. The molecular formula is C14H23N3O. The molecule has 0 saturated carbocycles. The quantitative estimate of drug-likeness (QED) is 0.812. The molecule has 0 saturated heterocycles. The van der Waals surface area contributed by atoms with Gasteiger partial charge in [0.25, 0.3) is 0 Å². The second-order valence-corrected chi connectivity index (χ2v) is 4.70. The van der Waals surface area contributed by atoms with E-state index < -0.39 is 0 Å². The van der Waals surface area contributed by atoms with Crippen molar-refractivity contribution in [3.8, 4) is 0 Å². The average molecular weight is 249 g/mol. The van der Waals surface area contributed by atoms with Crippen LogP contribution in [0.2, 0.25) is 0 Å². The Bertz CT molecular complexity index is 390. The predicted octanol–water partition coefficient (Wildman–Crippen LogP) is 2.21. The summed E-state index contributed by atoms with van der Waals surface area (Å²) in [4.78, 5) is 13.8. The molecule has 0 aliphatic heterocycles. The SMILES string of the molecule is CC(C)N(C)c1cccc(NC(=O)CCCN)c1. The topological polar surface area (TPSA) is 58.4 Å². The fourth-order valence-electron chi connectivity index (χ4n) is 1.59. The van der Waals surface area contributed by atoms with Crippen LogP contribution in [0.3, 0.4) is 0 Å². The largest absolute Gasteiger partial charge is 0.372 e. The number of hydrogen-bond donors (Lipinski definition) is 2. The van der Waals surface area contributed by atoms with E-state index in [1.807, 2.05) is 31.3 Å². The molecule has 0 aromatic heterocycles. The third-order valence-electron chi connectivity index (χ3n) is 2.92. The van der Waals surface area contributed by atoms with Gasteiger partial charge in [0.2, 0.25) is 5.91 Å². The lowest BCUT2D eigenvalue weighted by atomic mass is 10.2. The summed E-state index contributed by atoms with van der Waals surface area (Å²) < 4.78 is 0. The van der Waals surface area contributed by atoms with E-state index in [1.54, 1.807) is 0 Å². The summed E-state index contributed by atoms with van der Waals surface area (Å²) >= 11 is 0. The van der Waals surface area contributed by atoms with E-state index in [0.717, 1.165) is 17.8 Å². The Balaban J connectivity index is 2.67. The van der Waals surface area contributed by atoms with Crippen molar-refractivity contribution in [3.05, 3.63) is 24.3 Å². The number of hydrogen-bond acceptors (Lipinski definition) is 3. The van der Waals surface area contributed by atoms with Gasteiger partial charge in [-0.15, -0.1) is 0 Å². The Labute approximate surface area is 109 Å². The highest BCUT2D eigenvalue weighted by Crippen LogP contribution is 2.20. The summed E-state index contributed by atoms with van der Waals surface area (Å²) in [5, 5.41) is 2.89. The van der Waals surface area contributed by atoms with Gasteiger partial charge in [0.15, 0.2) is 0 Å². The van der Waals surface area contributed by atoms with Crippen molar-refractivity contribution in [2.45, 2.75) is 32.7 Å². The number of nitrogens with two attached hydrogens (primary N) is 1. The maximum Gasteiger partial charge on any atom is 0.224 e. The molecule has 0 fully saturated rings. The van der Waals surface area contributed by atoms with Crippen molar-refractivity contribution in [2.24, 2.45) is 5.73 Å². The highest BCUT2D eigenvalue weighted by atomic mass is 16.1. The van der Waals surface area contributed by atoms with Gasteiger partial charge in [-0.25, -0.2) is 0 Å². The normalized spacial score (nSPS) is 10.5. The van der Waals surface area contributed by atoms with E-state index in [4.69, 9.17) is 5.73 Å². The Kier molecular flexibility index (Phi) is 5.65. The molecule has 0 bridgehead atoms. The van der Waals surface area contributed by atoms with Crippen LogP contribution in [0.15, 0.2) is 24.3 Å². The highest BCUT2D eigenvalue weighted by molar-refractivity contribution is 5.91. The van der Waals surface area contributed by atoms with E-state index in [9.17, 15) is 4.79 Å². The molecule has 0 unspecified atom stereocenters. The van der Waals surface area contributed by atoms with Crippen LogP contribution >= 0.6 is 0 Å². The summed E-state index contributed by atoms with van der Waals surface area (Å²) in [6.07, 6.45) is 1.19. The number of carbonyl (C=O) groups is 1. The van der Waals surface area contributed by atoms with Gasteiger partial charge < -0.3 is 16.0 Å². The summed E-state index contributed by atoms with van der Waals surface area (Å²) in [5.74, 6) is 0.0183. The number of nitrogens with zero attached hydrogens (tertiary/aromatic N) is 1. The molecule has 1 aromatic carbocycles. The molecule has 1 aromatic rings. The molecule has 1 amide bonds. The van der Waals surface area contributed by atoms with Crippen LogP contribution in [-0.4, -0.2) is 25.5 Å². The van der Waals surface area contributed by atoms with Gasteiger partial charge in [0.1, 0.15) is 0 Å². The van der Waals surface area contributed by atoms with Crippen molar-refractivity contribution >= 4 is 17.3 Å².